The number of nitrogens with zero attached hydrogens (tertiary/aromatic N) is 2. The van der Waals surface area contributed by atoms with E-state index < -0.39 is 24.0 Å². The fraction of sp³-hybridized carbons (Fsp3) is 0.0667. The summed E-state index contributed by atoms with van der Waals surface area (Å²) in [5.41, 5.74) is 4.84. The lowest BCUT2D eigenvalue weighted by Gasteiger charge is -2.23. The zero-order valence-corrected chi connectivity index (χ0v) is 37.2. The molecule has 68 heavy (non-hydrogen) atoms. The molecule has 0 amide bonds. The van der Waals surface area contributed by atoms with Crippen LogP contribution in [0.5, 0.6) is 23.0 Å². The highest BCUT2D eigenvalue weighted by Crippen LogP contribution is 2.49. The molecule has 0 saturated carbocycles. The minimum Gasteiger partial charge on any atom is -0.507 e. The van der Waals surface area contributed by atoms with Crippen LogP contribution in [-0.4, -0.2) is 34.6 Å². The molecule has 0 saturated heterocycles. The third-order valence-electron chi connectivity index (χ3n) is 12.2. The molecule has 2 N–H and O–H groups in total. The number of fused-ring (bicyclic) bond motifs is 4. The van der Waals surface area contributed by atoms with Crippen molar-refractivity contribution >= 4 is 67.5 Å². The van der Waals surface area contributed by atoms with Gasteiger partial charge in [0.1, 0.15) is 35.1 Å². The number of hydrogen-bond acceptors (Lipinski definition) is 8. The molecule has 8 heteroatoms. The first-order valence-corrected chi connectivity index (χ1v) is 22.3. The van der Waals surface area contributed by atoms with Gasteiger partial charge in [0, 0.05) is 59.7 Å². The Kier molecular flexibility index (Phi) is 11.7. The summed E-state index contributed by atoms with van der Waals surface area (Å²) in [4.78, 5) is 35.6. The number of esters is 2. The molecular formula is C60H44N2O6. The molecule has 0 bridgehead atoms. The van der Waals surface area contributed by atoms with Crippen LogP contribution in [0.3, 0.4) is 0 Å². The average Bonchev–Trinajstić information content (AvgIpc) is 3.36. The van der Waals surface area contributed by atoms with E-state index in [0.717, 1.165) is 54.2 Å². The zero-order valence-electron chi connectivity index (χ0n) is 37.2. The maximum atomic E-state index is 12.5. The first-order valence-electron chi connectivity index (χ1n) is 22.3. The molecule has 0 aromatic heterocycles. The number of phenols is 2. The van der Waals surface area contributed by atoms with Crippen molar-refractivity contribution in [3.8, 4) is 45.3 Å². The van der Waals surface area contributed by atoms with E-state index in [1.165, 1.54) is 13.8 Å². The van der Waals surface area contributed by atoms with Gasteiger partial charge in [-0.3, -0.25) is 19.6 Å². The van der Waals surface area contributed by atoms with Gasteiger partial charge in [-0.1, -0.05) is 170 Å². The van der Waals surface area contributed by atoms with Crippen LogP contribution in [0.4, 0.5) is 0 Å². The van der Waals surface area contributed by atoms with Crippen LogP contribution in [0.2, 0.25) is 0 Å². The fourth-order valence-corrected chi connectivity index (χ4v) is 9.24. The van der Waals surface area contributed by atoms with Crippen LogP contribution in [0.25, 0.3) is 65.3 Å². The summed E-state index contributed by atoms with van der Waals surface area (Å²) in [6.07, 6.45) is 3.38. The van der Waals surface area contributed by atoms with Crippen LogP contribution in [0, 0.1) is 0 Å². The SMILES string of the molecule is CC(=O)Oc1ccc2ccccc2c1-c1c(O)c(C=NC(c2ccccc2)C(N=Cc2cc3ccccc3c(-c3c(OC(C)=O)ccc4ccccc34)c2O)c2ccccc2)cc2ccccc12. The van der Waals surface area contributed by atoms with E-state index in [2.05, 4.69) is 0 Å². The highest BCUT2D eigenvalue weighted by atomic mass is 16.5. The number of benzene rings is 10. The number of carbonyl (C=O) groups is 2. The predicted octanol–water partition coefficient (Wildman–Crippen LogP) is 13.9. The van der Waals surface area contributed by atoms with E-state index >= 15 is 0 Å². The van der Waals surface area contributed by atoms with Gasteiger partial charge in [0.05, 0.1) is 0 Å². The number of rotatable bonds is 11. The van der Waals surface area contributed by atoms with E-state index in [9.17, 15) is 19.8 Å². The van der Waals surface area contributed by atoms with Crippen LogP contribution in [-0.2, 0) is 9.59 Å². The van der Waals surface area contributed by atoms with E-state index in [1.807, 2.05) is 182 Å². The lowest BCUT2D eigenvalue weighted by molar-refractivity contribution is -0.132. The second kappa shape index (κ2) is 18.5. The number of ether oxygens (including phenoxy) is 2. The van der Waals surface area contributed by atoms with Crippen molar-refractivity contribution in [2.24, 2.45) is 9.98 Å². The molecule has 0 spiro atoms. The summed E-state index contributed by atoms with van der Waals surface area (Å²) in [5, 5.41) is 31.7. The highest BCUT2D eigenvalue weighted by molar-refractivity contribution is 6.14. The van der Waals surface area contributed by atoms with Crippen molar-refractivity contribution in [2.75, 3.05) is 0 Å². The van der Waals surface area contributed by atoms with Gasteiger partial charge in [0.2, 0.25) is 0 Å². The Morgan fingerprint density at radius 1 is 0.412 bits per heavy atom. The molecular weight excluding hydrogens is 845 g/mol. The second-order valence-corrected chi connectivity index (χ2v) is 16.6. The van der Waals surface area contributed by atoms with Crippen molar-refractivity contribution < 1.29 is 29.3 Å². The molecule has 2 atom stereocenters. The van der Waals surface area contributed by atoms with E-state index in [1.54, 1.807) is 24.6 Å². The minimum absolute atomic E-state index is 0.0287. The summed E-state index contributed by atoms with van der Waals surface area (Å²) in [6.45, 7) is 2.73. The molecule has 10 rings (SSSR count). The summed E-state index contributed by atoms with van der Waals surface area (Å²) >= 11 is 0. The van der Waals surface area contributed by atoms with Crippen LogP contribution in [0.15, 0.2) is 204 Å². The van der Waals surface area contributed by atoms with Gasteiger partial charge < -0.3 is 19.7 Å². The topological polar surface area (TPSA) is 118 Å². The molecule has 8 nitrogen and oxygen atoms in total. The highest BCUT2D eigenvalue weighted by Gasteiger charge is 2.27. The number of aromatic hydroxyl groups is 2. The third kappa shape index (κ3) is 8.31. The summed E-state index contributed by atoms with van der Waals surface area (Å²) in [5.74, 6) is -0.355. The average molecular weight is 889 g/mol. The van der Waals surface area contributed by atoms with Gasteiger partial charge in [0.15, 0.2) is 0 Å². The van der Waals surface area contributed by atoms with Gasteiger partial charge in [-0.15, -0.1) is 0 Å². The van der Waals surface area contributed by atoms with Gasteiger partial charge in [-0.05, 0) is 78.5 Å². The van der Waals surface area contributed by atoms with Crippen molar-refractivity contribution in [3.63, 3.8) is 0 Å². The lowest BCUT2D eigenvalue weighted by atomic mass is 9.90. The van der Waals surface area contributed by atoms with Gasteiger partial charge in [0.25, 0.3) is 0 Å². The quantitative estimate of drug-likeness (QED) is 0.0759. The molecule has 0 aliphatic carbocycles. The first kappa shape index (κ1) is 43.0. The van der Waals surface area contributed by atoms with Gasteiger partial charge >= 0.3 is 11.9 Å². The lowest BCUT2D eigenvalue weighted by Crippen LogP contribution is -2.09. The third-order valence-corrected chi connectivity index (χ3v) is 12.2. The Labute approximate surface area is 392 Å². The fourth-order valence-electron chi connectivity index (χ4n) is 9.24. The molecule has 0 aliphatic rings. The zero-order chi connectivity index (χ0) is 46.7. The Balaban J connectivity index is 1.15. The smallest absolute Gasteiger partial charge is 0.308 e. The van der Waals surface area contributed by atoms with E-state index in [4.69, 9.17) is 19.5 Å². The maximum absolute atomic E-state index is 12.5. The molecule has 2 unspecified atom stereocenters. The summed E-state index contributed by atoms with van der Waals surface area (Å²) in [6, 6.07) is 60.8. The number of phenolic OH excluding ortho intramolecular Hbond substituents is 2. The first-order chi connectivity index (χ1) is 33.2. The summed E-state index contributed by atoms with van der Waals surface area (Å²) < 4.78 is 11.6. The number of carbonyl (C=O) groups excluding carboxylic acids is 2. The van der Waals surface area contributed by atoms with Gasteiger partial charge in [-0.2, -0.15) is 0 Å². The molecule has 0 aliphatic heterocycles. The molecule has 0 heterocycles. The number of aliphatic imine (C=N–C) groups is 2. The largest absolute Gasteiger partial charge is 0.507 e. The summed E-state index contributed by atoms with van der Waals surface area (Å²) in [7, 11) is 0. The van der Waals surface area contributed by atoms with Crippen LogP contribution in [0.1, 0.15) is 48.2 Å². The Morgan fingerprint density at radius 2 is 0.735 bits per heavy atom. The Morgan fingerprint density at radius 3 is 1.10 bits per heavy atom. The molecule has 0 radical (unpaired) electrons. The molecule has 330 valence electrons. The second-order valence-electron chi connectivity index (χ2n) is 16.6. The van der Waals surface area contributed by atoms with Crippen molar-refractivity contribution in [1.29, 1.82) is 0 Å². The van der Waals surface area contributed by atoms with Crippen molar-refractivity contribution in [1.82, 2.24) is 0 Å². The van der Waals surface area contributed by atoms with Crippen molar-refractivity contribution in [2.45, 2.75) is 25.9 Å². The van der Waals surface area contributed by atoms with E-state index in [0.29, 0.717) is 44.9 Å². The van der Waals surface area contributed by atoms with Gasteiger partial charge in [-0.25, -0.2) is 0 Å². The van der Waals surface area contributed by atoms with Crippen LogP contribution < -0.4 is 9.47 Å². The van der Waals surface area contributed by atoms with E-state index in [-0.39, 0.29) is 11.5 Å². The maximum Gasteiger partial charge on any atom is 0.308 e. The Bertz CT molecular complexity index is 3380. The van der Waals surface area contributed by atoms with Crippen LogP contribution >= 0.6 is 0 Å². The molecule has 0 fully saturated rings. The standard InChI is InChI=1S/C60H44N2O6/c1-37(63)67-51-31-29-39-17-9-13-25-47(39)53(51)55-49-27-15-11-23-43(49)33-45(59(55)65)35-61-57(41-19-5-3-6-20-41)58(42-21-7-4-8-22-42)62-36-46-34-44-24-12-16-28-50(44)56(60(46)66)54-48-26-14-10-18-40(48)30-32-52(54)68-38(2)64/h3-36,57-58,65-66H,1-2H3. The normalized spacial score (nSPS) is 12.6. The number of hydrogen-bond donors (Lipinski definition) is 2. The predicted molar refractivity (Wildman–Crippen MR) is 273 cm³/mol. The molecule has 10 aromatic carbocycles. The van der Waals surface area contributed by atoms with Crippen molar-refractivity contribution in [3.05, 3.63) is 216 Å². The minimum atomic E-state index is -0.631. The molecule has 10 aromatic rings. The monoisotopic (exact) mass is 888 g/mol. The Hall–Kier alpha value is -8.88.